The highest BCUT2D eigenvalue weighted by atomic mass is 19.1. The maximum Gasteiger partial charge on any atom is 0.406 e. The summed E-state index contributed by atoms with van der Waals surface area (Å²) in [7, 11) is 1.26. The summed E-state index contributed by atoms with van der Waals surface area (Å²) in [5.41, 5.74) is 1.33. The standard InChI is InChI=1S/C19H21FN2O4/c1-12-3-8-17(26-12)13-4-6-14(7-5-13)18(23)22-11-15(20)9-16(22)10-21-19(24)25-2/h3-8,15-16H,9-11H2,1-2H3,(H,21,24)/t15-,16-/m0/s1. The van der Waals surface area contributed by atoms with Gasteiger partial charge in [-0.25, -0.2) is 9.18 Å². The monoisotopic (exact) mass is 360 g/mol. The van der Waals surface area contributed by atoms with Crippen molar-refractivity contribution in [2.75, 3.05) is 20.2 Å². The van der Waals surface area contributed by atoms with Gasteiger partial charge < -0.3 is 19.4 Å². The summed E-state index contributed by atoms with van der Waals surface area (Å²) in [6.45, 7) is 2.04. The molecule has 0 spiro atoms. The summed E-state index contributed by atoms with van der Waals surface area (Å²) in [4.78, 5) is 25.5. The second kappa shape index (κ2) is 7.59. The number of nitrogens with zero attached hydrogens (tertiary/aromatic N) is 1. The fraction of sp³-hybridized carbons (Fsp3) is 0.368. The lowest BCUT2D eigenvalue weighted by atomic mass is 10.1. The first kappa shape index (κ1) is 18.0. The second-order valence-corrected chi connectivity index (χ2v) is 6.30. The summed E-state index contributed by atoms with van der Waals surface area (Å²) in [6, 6.07) is 10.3. The summed E-state index contributed by atoms with van der Waals surface area (Å²) in [6.07, 6.45) is -1.51. The molecule has 2 amide bonds. The second-order valence-electron chi connectivity index (χ2n) is 6.30. The summed E-state index contributed by atoms with van der Waals surface area (Å²) in [5, 5.41) is 2.53. The Morgan fingerprint density at radius 2 is 2.00 bits per heavy atom. The van der Waals surface area contributed by atoms with Crippen LogP contribution in [0.2, 0.25) is 0 Å². The Balaban J connectivity index is 1.71. The van der Waals surface area contributed by atoms with E-state index in [0.29, 0.717) is 5.56 Å². The van der Waals surface area contributed by atoms with Crippen molar-refractivity contribution >= 4 is 12.0 Å². The molecule has 1 aromatic carbocycles. The highest BCUT2D eigenvalue weighted by Crippen LogP contribution is 2.25. The molecule has 1 N–H and O–H groups in total. The number of amides is 2. The number of furan rings is 1. The van der Waals surface area contributed by atoms with Gasteiger partial charge in [-0.05, 0) is 31.2 Å². The third-order valence-corrected chi connectivity index (χ3v) is 4.45. The van der Waals surface area contributed by atoms with Crippen LogP contribution < -0.4 is 5.32 Å². The molecule has 0 saturated carbocycles. The van der Waals surface area contributed by atoms with E-state index >= 15 is 0 Å². The Kier molecular flexibility index (Phi) is 5.25. The largest absolute Gasteiger partial charge is 0.461 e. The molecule has 3 rings (SSSR count). The van der Waals surface area contributed by atoms with Crippen molar-refractivity contribution in [1.82, 2.24) is 10.2 Å². The smallest absolute Gasteiger partial charge is 0.406 e. The number of benzene rings is 1. The van der Waals surface area contributed by atoms with Gasteiger partial charge >= 0.3 is 6.09 Å². The number of aryl methyl sites for hydroxylation is 1. The van der Waals surface area contributed by atoms with Crippen molar-refractivity contribution in [3.05, 3.63) is 47.7 Å². The van der Waals surface area contributed by atoms with Gasteiger partial charge in [0, 0.05) is 24.1 Å². The maximum atomic E-state index is 13.8. The molecular weight excluding hydrogens is 339 g/mol. The van der Waals surface area contributed by atoms with Gasteiger partial charge in [-0.15, -0.1) is 0 Å². The quantitative estimate of drug-likeness (QED) is 0.909. The molecule has 2 aromatic rings. The van der Waals surface area contributed by atoms with E-state index < -0.39 is 18.3 Å². The molecular formula is C19H21FN2O4. The first-order valence-corrected chi connectivity index (χ1v) is 8.41. The molecule has 0 bridgehead atoms. The highest BCUT2D eigenvalue weighted by Gasteiger charge is 2.35. The molecule has 1 aromatic heterocycles. The van der Waals surface area contributed by atoms with Crippen LogP contribution >= 0.6 is 0 Å². The van der Waals surface area contributed by atoms with E-state index in [2.05, 4.69) is 10.1 Å². The van der Waals surface area contributed by atoms with Gasteiger partial charge in [0.05, 0.1) is 19.7 Å². The van der Waals surface area contributed by atoms with E-state index in [1.807, 2.05) is 19.1 Å². The molecule has 1 aliphatic heterocycles. The molecule has 1 aliphatic rings. The average molecular weight is 360 g/mol. The van der Waals surface area contributed by atoms with Gasteiger partial charge in [0.1, 0.15) is 17.7 Å². The van der Waals surface area contributed by atoms with Gasteiger partial charge in [0.25, 0.3) is 5.91 Å². The van der Waals surface area contributed by atoms with Gasteiger partial charge in [-0.2, -0.15) is 0 Å². The molecule has 7 heteroatoms. The maximum absolute atomic E-state index is 13.8. The van der Waals surface area contributed by atoms with Crippen molar-refractivity contribution in [2.45, 2.75) is 25.6 Å². The Morgan fingerprint density at radius 1 is 1.27 bits per heavy atom. The minimum Gasteiger partial charge on any atom is -0.461 e. The SMILES string of the molecule is COC(=O)NC[C@@H]1C[C@H](F)CN1C(=O)c1ccc(-c2ccc(C)o2)cc1. The first-order chi connectivity index (χ1) is 12.5. The zero-order valence-corrected chi connectivity index (χ0v) is 14.7. The van der Waals surface area contributed by atoms with E-state index in [9.17, 15) is 14.0 Å². The summed E-state index contributed by atoms with van der Waals surface area (Å²) < 4.78 is 23.9. The number of halogens is 1. The number of nitrogens with one attached hydrogen (secondary N) is 1. The number of hydrogen-bond donors (Lipinski definition) is 1. The average Bonchev–Trinajstić information content (AvgIpc) is 3.24. The fourth-order valence-electron chi connectivity index (χ4n) is 3.11. The van der Waals surface area contributed by atoms with Crippen molar-refractivity contribution in [1.29, 1.82) is 0 Å². The zero-order valence-electron chi connectivity index (χ0n) is 14.7. The Labute approximate surface area is 150 Å². The van der Waals surface area contributed by atoms with E-state index in [4.69, 9.17) is 4.42 Å². The third kappa shape index (κ3) is 3.87. The number of alkyl carbamates (subject to hydrolysis) is 1. The van der Waals surface area contributed by atoms with Crippen LogP contribution in [-0.4, -0.2) is 49.3 Å². The topological polar surface area (TPSA) is 71.8 Å². The molecule has 2 heterocycles. The number of alkyl halides is 1. The van der Waals surface area contributed by atoms with Gasteiger partial charge in [-0.1, -0.05) is 12.1 Å². The van der Waals surface area contributed by atoms with Gasteiger partial charge in [0.15, 0.2) is 0 Å². The van der Waals surface area contributed by atoms with Crippen LogP contribution in [0.25, 0.3) is 11.3 Å². The van der Waals surface area contributed by atoms with Crippen molar-refractivity contribution in [3.63, 3.8) is 0 Å². The predicted molar refractivity (Wildman–Crippen MR) is 93.6 cm³/mol. The Bertz CT molecular complexity index is 787. The molecule has 138 valence electrons. The summed E-state index contributed by atoms with van der Waals surface area (Å²) in [5.74, 6) is 1.28. The molecule has 0 radical (unpaired) electrons. The normalized spacial score (nSPS) is 19.4. The van der Waals surface area contributed by atoms with Gasteiger partial charge in [0.2, 0.25) is 0 Å². The Morgan fingerprint density at radius 3 is 2.62 bits per heavy atom. The van der Waals surface area contributed by atoms with Crippen LogP contribution in [0.3, 0.4) is 0 Å². The molecule has 0 unspecified atom stereocenters. The minimum atomic E-state index is -1.10. The third-order valence-electron chi connectivity index (χ3n) is 4.45. The number of carbonyl (C=O) groups is 2. The van der Waals surface area contributed by atoms with Crippen LogP contribution in [0, 0.1) is 6.92 Å². The van der Waals surface area contributed by atoms with E-state index in [1.165, 1.54) is 12.0 Å². The van der Waals surface area contributed by atoms with Crippen LogP contribution in [0.4, 0.5) is 9.18 Å². The summed E-state index contributed by atoms with van der Waals surface area (Å²) >= 11 is 0. The minimum absolute atomic E-state index is 0.0193. The van der Waals surface area contributed by atoms with E-state index in [0.717, 1.165) is 17.1 Å². The van der Waals surface area contributed by atoms with Gasteiger partial charge in [-0.3, -0.25) is 4.79 Å². The molecule has 26 heavy (non-hydrogen) atoms. The number of hydrogen-bond acceptors (Lipinski definition) is 4. The molecule has 6 nitrogen and oxygen atoms in total. The van der Waals surface area contributed by atoms with Crippen molar-refractivity contribution in [2.24, 2.45) is 0 Å². The van der Waals surface area contributed by atoms with Crippen molar-refractivity contribution in [3.8, 4) is 11.3 Å². The number of carbonyl (C=O) groups excluding carboxylic acids is 2. The van der Waals surface area contributed by atoms with E-state index in [1.54, 1.807) is 24.3 Å². The van der Waals surface area contributed by atoms with Crippen molar-refractivity contribution < 1.29 is 23.1 Å². The molecule has 0 aliphatic carbocycles. The van der Waals surface area contributed by atoms with Crippen LogP contribution in [0.5, 0.6) is 0 Å². The van der Waals surface area contributed by atoms with Crippen LogP contribution in [0.1, 0.15) is 22.5 Å². The van der Waals surface area contributed by atoms with E-state index in [-0.39, 0.29) is 25.4 Å². The lowest BCUT2D eigenvalue weighted by Crippen LogP contribution is -2.43. The van der Waals surface area contributed by atoms with Crippen LogP contribution in [0.15, 0.2) is 40.8 Å². The lowest BCUT2D eigenvalue weighted by molar-refractivity contribution is 0.0726. The fourth-order valence-corrected chi connectivity index (χ4v) is 3.11. The number of rotatable bonds is 4. The van der Waals surface area contributed by atoms with Crippen LogP contribution in [-0.2, 0) is 4.74 Å². The molecule has 2 atom stereocenters. The zero-order chi connectivity index (χ0) is 18.7. The molecule has 1 fully saturated rings. The highest BCUT2D eigenvalue weighted by molar-refractivity contribution is 5.95. The number of methoxy groups -OCH3 is 1. The first-order valence-electron chi connectivity index (χ1n) is 8.41. The molecule has 1 saturated heterocycles. The lowest BCUT2D eigenvalue weighted by Gasteiger charge is -2.24. The Hall–Kier alpha value is -2.83. The predicted octanol–water partition coefficient (Wildman–Crippen LogP) is 3.16. The number of ether oxygens (including phenoxy) is 1. The number of likely N-dealkylation sites (tertiary alicyclic amines) is 1.